The van der Waals surface area contributed by atoms with Gasteiger partial charge in [-0.3, -0.25) is 4.79 Å². The summed E-state index contributed by atoms with van der Waals surface area (Å²) < 4.78 is 12.8. The van der Waals surface area contributed by atoms with Crippen LogP contribution in [0.4, 0.5) is 0 Å². The van der Waals surface area contributed by atoms with Crippen molar-refractivity contribution in [1.29, 1.82) is 0 Å². The van der Waals surface area contributed by atoms with E-state index in [0.29, 0.717) is 18.9 Å². The molecule has 0 unspecified atom stereocenters. The van der Waals surface area contributed by atoms with Gasteiger partial charge in [-0.2, -0.15) is 5.10 Å². The summed E-state index contributed by atoms with van der Waals surface area (Å²) in [6.45, 7) is 3.31. The fourth-order valence-electron chi connectivity index (χ4n) is 2.64. The van der Waals surface area contributed by atoms with Crippen LogP contribution in [0.2, 0.25) is 0 Å². The van der Waals surface area contributed by atoms with Gasteiger partial charge in [0.05, 0.1) is 12.3 Å². The van der Waals surface area contributed by atoms with E-state index in [1.165, 1.54) is 0 Å². The standard InChI is InChI=1S/C22H25N3O3/c1-2-16-27-20-8-10-21(11-9-20)28-17-22(26)23-14-12-18-4-6-19(7-5-18)25-15-3-13-24-25/h3-11,13,15H,2,12,14,16-17H2,1H3,(H,23,26). The van der Waals surface area contributed by atoms with Crippen molar-refractivity contribution in [1.82, 2.24) is 15.1 Å². The summed E-state index contributed by atoms with van der Waals surface area (Å²) in [5.41, 5.74) is 2.16. The van der Waals surface area contributed by atoms with Gasteiger partial charge in [0.1, 0.15) is 11.5 Å². The Hall–Kier alpha value is -3.28. The van der Waals surface area contributed by atoms with E-state index in [9.17, 15) is 4.79 Å². The Morgan fingerprint density at radius 2 is 1.75 bits per heavy atom. The molecule has 0 aliphatic carbocycles. The second-order valence-electron chi connectivity index (χ2n) is 6.33. The van der Waals surface area contributed by atoms with E-state index < -0.39 is 0 Å². The predicted octanol–water partition coefficient (Wildman–Crippen LogP) is 3.40. The first-order valence-corrected chi connectivity index (χ1v) is 9.46. The Labute approximate surface area is 165 Å². The Kier molecular flexibility index (Phi) is 7.07. The first-order chi connectivity index (χ1) is 13.7. The van der Waals surface area contributed by atoms with Crippen LogP contribution in [0.1, 0.15) is 18.9 Å². The number of rotatable bonds is 10. The first kappa shape index (κ1) is 19.5. The first-order valence-electron chi connectivity index (χ1n) is 9.46. The SMILES string of the molecule is CCCOc1ccc(OCC(=O)NCCc2ccc(-n3cccn3)cc2)cc1. The summed E-state index contributed by atoms with van der Waals surface area (Å²) in [4.78, 5) is 12.0. The minimum absolute atomic E-state index is 0.00655. The molecular weight excluding hydrogens is 354 g/mol. The van der Waals surface area contributed by atoms with Crippen LogP contribution in [0, 0.1) is 0 Å². The number of amides is 1. The third-order valence-electron chi connectivity index (χ3n) is 4.11. The Bertz CT molecular complexity index is 844. The summed E-state index contributed by atoms with van der Waals surface area (Å²) in [7, 11) is 0. The van der Waals surface area contributed by atoms with E-state index in [1.807, 2.05) is 53.3 Å². The maximum absolute atomic E-state index is 12.0. The molecule has 6 heteroatoms. The molecule has 1 N–H and O–H groups in total. The van der Waals surface area contributed by atoms with Crippen molar-refractivity contribution >= 4 is 5.91 Å². The van der Waals surface area contributed by atoms with Crippen molar-refractivity contribution < 1.29 is 14.3 Å². The maximum atomic E-state index is 12.0. The van der Waals surface area contributed by atoms with Gasteiger partial charge in [0.25, 0.3) is 5.91 Å². The van der Waals surface area contributed by atoms with Gasteiger partial charge in [0.2, 0.25) is 0 Å². The molecule has 0 bridgehead atoms. The van der Waals surface area contributed by atoms with Crippen molar-refractivity contribution in [3.63, 3.8) is 0 Å². The third-order valence-corrected chi connectivity index (χ3v) is 4.11. The molecule has 0 radical (unpaired) electrons. The highest BCUT2D eigenvalue weighted by Crippen LogP contribution is 2.17. The Morgan fingerprint density at radius 3 is 2.39 bits per heavy atom. The summed E-state index contributed by atoms with van der Waals surface area (Å²) in [6, 6.07) is 17.3. The summed E-state index contributed by atoms with van der Waals surface area (Å²) in [5.74, 6) is 1.31. The maximum Gasteiger partial charge on any atom is 0.257 e. The predicted molar refractivity (Wildman–Crippen MR) is 108 cm³/mol. The van der Waals surface area contributed by atoms with Crippen LogP contribution < -0.4 is 14.8 Å². The summed E-state index contributed by atoms with van der Waals surface area (Å²) in [5, 5.41) is 7.08. The van der Waals surface area contributed by atoms with Gasteiger partial charge in [-0.05, 0) is 60.9 Å². The molecule has 3 aromatic rings. The Morgan fingerprint density at radius 1 is 1.04 bits per heavy atom. The van der Waals surface area contributed by atoms with E-state index in [4.69, 9.17) is 9.47 Å². The van der Waals surface area contributed by atoms with Crippen LogP contribution in [0.25, 0.3) is 5.69 Å². The van der Waals surface area contributed by atoms with E-state index in [1.54, 1.807) is 18.3 Å². The topological polar surface area (TPSA) is 65.4 Å². The molecule has 146 valence electrons. The molecule has 0 fully saturated rings. The van der Waals surface area contributed by atoms with Gasteiger partial charge in [-0.25, -0.2) is 4.68 Å². The average Bonchev–Trinajstić information content (AvgIpc) is 3.27. The fourth-order valence-corrected chi connectivity index (χ4v) is 2.64. The number of nitrogens with one attached hydrogen (secondary N) is 1. The lowest BCUT2D eigenvalue weighted by molar-refractivity contribution is -0.123. The number of hydrogen-bond donors (Lipinski definition) is 1. The number of aromatic nitrogens is 2. The highest BCUT2D eigenvalue weighted by atomic mass is 16.5. The second-order valence-corrected chi connectivity index (χ2v) is 6.33. The molecule has 28 heavy (non-hydrogen) atoms. The molecule has 2 aromatic carbocycles. The van der Waals surface area contributed by atoms with Crippen LogP contribution in [0.15, 0.2) is 67.0 Å². The molecule has 0 atom stereocenters. The molecular formula is C22H25N3O3. The van der Waals surface area contributed by atoms with Gasteiger partial charge >= 0.3 is 0 Å². The highest BCUT2D eigenvalue weighted by Gasteiger charge is 2.04. The number of nitrogens with zero attached hydrogens (tertiary/aromatic N) is 2. The normalized spacial score (nSPS) is 10.5. The molecule has 0 saturated heterocycles. The molecule has 0 saturated carbocycles. The molecule has 0 aliphatic rings. The van der Waals surface area contributed by atoms with Gasteiger partial charge in [0.15, 0.2) is 6.61 Å². The van der Waals surface area contributed by atoms with Crippen LogP contribution in [-0.2, 0) is 11.2 Å². The van der Waals surface area contributed by atoms with Gasteiger partial charge < -0.3 is 14.8 Å². The monoisotopic (exact) mass is 379 g/mol. The molecule has 0 aliphatic heterocycles. The zero-order chi connectivity index (χ0) is 19.6. The van der Waals surface area contributed by atoms with Crippen LogP contribution >= 0.6 is 0 Å². The molecule has 0 spiro atoms. The van der Waals surface area contributed by atoms with Crippen molar-refractivity contribution in [2.75, 3.05) is 19.8 Å². The highest BCUT2D eigenvalue weighted by molar-refractivity contribution is 5.77. The lowest BCUT2D eigenvalue weighted by atomic mass is 10.1. The minimum Gasteiger partial charge on any atom is -0.494 e. The quantitative estimate of drug-likeness (QED) is 0.586. The van der Waals surface area contributed by atoms with E-state index >= 15 is 0 Å². The fraction of sp³-hybridized carbons (Fsp3) is 0.273. The molecule has 3 rings (SSSR count). The number of benzene rings is 2. The van der Waals surface area contributed by atoms with Crippen molar-refractivity contribution in [3.8, 4) is 17.2 Å². The Balaban J connectivity index is 1.36. The lowest BCUT2D eigenvalue weighted by Gasteiger charge is -2.09. The minimum atomic E-state index is -0.139. The van der Waals surface area contributed by atoms with E-state index in [0.717, 1.165) is 29.8 Å². The number of carbonyl (C=O) groups excluding carboxylic acids is 1. The zero-order valence-corrected chi connectivity index (χ0v) is 16.0. The third kappa shape index (κ3) is 5.87. The van der Waals surface area contributed by atoms with Crippen molar-refractivity contribution in [2.45, 2.75) is 19.8 Å². The van der Waals surface area contributed by atoms with Crippen molar-refractivity contribution in [2.24, 2.45) is 0 Å². The summed E-state index contributed by atoms with van der Waals surface area (Å²) >= 11 is 0. The van der Waals surface area contributed by atoms with E-state index in [-0.39, 0.29) is 12.5 Å². The molecule has 1 amide bonds. The van der Waals surface area contributed by atoms with Gasteiger partial charge in [-0.1, -0.05) is 19.1 Å². The number of hydrogen-bond acceptors (Lipinski definition) is 4. The summed E-state index contributed by atoms with van der Waals surface area (Å²) in [6.07, 6.45) is 5.38. The van der Waals surface area contributed by atoms with Crippen LogP contribution in [0.5, 0.6) is 11.5 Å². The van der Waals surface area contributed by atoms with E-state index in [2.05, 4.69) is 17.3 Å². The number of carbonyl (C=O) groups is 1. The molecule has 1 heterocycles. The molecule has 1 aromatic heterocycles. The van der Waals surface area contributed by atoms with Crippen molar-refractivity contribution in [3.05, 3.63) is 72.6 Å². The molecule has 6 nitrogen and oxygen atoms in total. The second kappa shape index (κ2) is 10.2. The van der Waals surface area contributed by atoms with Crippen LogP contribution in [0.3, 0.4) is 0 Å². The largest absolute Gasteiger partial charge is 0.494 e. The van der Waals surface area contributed by atoms with Crippen LogP contribution in [-0.4, -0.2) is 35.4 Å². The lowest BCUT2D eigenvalue weighted by Crippen LogP contribution is -2.30. The average molecular weight is 379 g/mol. The smallest absolute Gasteiger partial charge is 0.257 e. The number of ether oxygens (including phenoxy) is 2. The zero-order valence-electron chi connectivity index (χ0n) is 16.0. The van der Waals surface area contributed by atoms with Gasteiger partial charge in [0, 0.05) is 18.9 Å². The van der Waals surface area contributed by atoms with Gasteiger partial charge in [-0.15, -0.1) is 0 Å².